The molecule has 2 N–H and O–H groups in total. The maximum Gasteiger partial charge on any atom is 0.244 e. The van der Waals surface area contributed by atoms with Gasteiger partial charge in [0.15, 0.2) is 0 Å². The molecule has 148 valence electrons. The van der Waals surface area contributed by atoms with E-state index in [2.05, 4.69) is 6.92 Å². The summed E-state index contributed by atoms with van der Waals surface area (Å²) in [7, 11) is 1.71. The van der Waals surface area contributed by atoms with Crippen LogP contribution in [-0.4, -0.2) is 54.5 Å². The van der Waals surface area contributed by atoms with Crippen molar-refractivity contribution in [2.24, 2.45) is 5.92 Å². The minimum Gasteiger partial charge on any atom is -0.379 e. The SMILES string of the molecule is C=O.CCCCC(CC(=O)NO)C(=O)N1CCCC1.COC(C)(C)C. The maximum atomic E-state index is 12.2. The van der Waals surface area contributed by atoms with Crippen molar-refractivity contribution in [2.45, 2.75) is 71.8 Å². The van der Waals surface area contributed by atoms with Gasteiger partial charge in [-0.15, -0.1) is 0 Å². The van der Waals surface area contributed by atoms with Crippen molar-refractivity contribution in [3.8, 4) is 0 Å². The van der Waals surface area contributed by atoms with Gasteiger partial charge in [-0.1, -0.05) is 19.8 Å². The van der Waals surface area contributed by atoms with Crippen LogP contribution in [0.25, 0.3) is 0 Å². The van der Waals surface area contributed by atoms with Gasteiger partial charge in [-0.05, 0) is 40.0 Å². The fraction of sp³-hybridized carbons (Fsp3) is 0.833. The number of amides is 2. The van der Waals surface area contributed by atoms with Gasteiger partial charge in [0, 0.05) is 32.5 Å². The van der Waals surface area contributed by atoms with Gasteiger partial charge < -0.3 is 14.4 Å². The van der Waals surface area contributed by atoms with Gasteiger partial charge in [0.1, 0.15) is 6.79 Å². The second kappa shape index (κ2) is 14.8. The predicted molar refractivity (Wildman–Crippen MR) is 97.3 cm³/mol. The van der Waals surface area contributed by atoms with Gasteiger partial charge in [-0.3, -0.25) is 14.8 Å². The number of unbranched alkanes of at least 4 members (excludes halogenated alkanes) is 1. The van der Waals surface area contributed by atoms with Crippen molar-refractivity contribution in [1.82, 2.24) is 10.4 Å². The summed E-state index contributed by atoms with van der Waals surface area (Å²) in [5.41, 5.74) is 1.65. The lowest BCUT2D eigenvalue weighted by Crippen LogP contribution is -2.36. The first-order valence-electron chi connectivity index (χ1n) is 8.80. The number of hydroxylamine groups is 1. The summed E-state index contributed by atoms with van der Waals surface area (Å²) in [5.74, 6) is -0.682. The zero-order valence-electron chi connectivity index (χ0n) is 16.5. The monoisotopic (exact) mass is 360 g/mol. The van der Waals surface area contributed by atoms with Crippen LogP contribution in [0.15, 0.2) is 0 Å². The predicted octanol–water partition coefficient (Wildman–Crippen LogP) is 2.56. The van der Waals surface area contributed by atoms with E-state index in [0.717, 1.165) is 45.2 Å². The molecule has 1 saturated heterocycles. The lowest BCUT2D eigenvalue weighted by atomic mass is 9.96. The van der Waals surface area contributed by atoms with Crippen LogP contribution in [0.5, 0.6) is 0 Å². The van der Waals surface area contributed by atoms with Crippen LogP contribution in [0.4, 0.5) is 0 Å². The maximum absolute atomic E-state index is 12.2. The summed E-state index contributed by atoms with van der Waals surface area (Å²) >= 11 is 0. The molecular weight excluding hydrogens is 324 g/mol. The summed E-state index contributed by atoms with van der Waals surface area (Å²) in [6, 6.07) is 0. The Hall–Kier alpha value is -1.47. The first-order valence-corrected chi connectivity index (χ1v) is 8.80. The first-order chi connectivity index (χ1) is 11.7. The molecule has 0 aliphatic carbocycles. The van der Waals surface area contributed by atoms with Gasteiger partial charge in [-0.2, -0.15) is 0 Å². The largest absolute Gasteiger partial charge is 0.379 e. The quantitative estimate of drug-likeness (QED) is 0.560. The number of carbonyl (C=O) groups excluding carboxylic acids is 3. The second-order valence-electron chi connectivity index (χ2n) is 6.93. The number of hydrogen-bond acceptors (Lipinski definition) is 5. The molecule has 0 aromatic heterocycles. The van der Waals surface area contributed by atoms with Crippen molar-refractivity contribution in [3.63, 3.8) is 0 Å². The third-order valence-electron chi connectivity index (χ3n) is 3.84. The third kappa shape index (κ3) is 13.5. The molecule has 7 heteroatoms. The smallest absolute Gasteiger partial charge is 0.244 e. The number of likely N-dealkylation sites (tertiary alicyclic amines) is 1. The van der Waals surface area contributed by atoms with Crippen LogP contribution >= 0.6 is 0 Å². The van der Waals surface area contributed by atoms with E-state index in [9.17, 15) is 9.59 Å². The molecule has 1 aliphatic heterocycles. The van der Waals surface area contributed by atoms with Crippen molar-refractivity contribution >= 4 is 18.6 Å². The number of hydrogen-bond donors (Lipinski definition) is 2. The molecule has 1 aliphatic rings. The Kier molecular flexibility index (Phi) is 15.3. The topological polar surface area (TPSA) is 95.9 Å². The molecule has 0 aromatic carbocycles. The van der Waals surface area contributed by atoms with E-state index >= 15 is 0 Å². The fourth-order valence-corrected chi connectivity index (χ4v) is 2.23. The molecule has 1 atom stereocenters. The highest BCUT2D eigenvalue weighted by atomic mass is 16.5. The van der Waals surface area contributed by atoms with E-state index in [1.807, 2.05) is 32.5 Å². The molecule has 0 radical (unpaired) electrons. The number of rotatable bonds is 6. The highest BCUT2D eigenvalue weighted by molar-refractivity contribution is 5.85. The Morgan fingerprint density at radius 2 is 1.72 bits per heavy atom. The second-order valence-corrected chi connectivity index (χ2v) is 6.93. The molecule has 1 unspecified atom stereocenters. The number of ether oxygens (including phenoxy) is 1. The molecule has 0 aromatic rings. The Morgan fingerprint density at radius 1 is 1.24 bits per heavy atom. The number of carbonyl (C=O) groups is 3. The Labute approximate surface area is 152 Å². The summed E-state index contributed by atoms with van der Waals surface area (Å²) in [5, 5.41) is 8.53. The summed E-state index contributed by atoms with van der Waals surface area (Å²) in [4.78, 5) is 33.2. The van der Waals surface area contributed by atoms with Crippen LogP contribution in [0.1, 0.15) is 66.2 Å². The van der Waals surface area contributed by atoms with Gasteiger partial charge in [-0.25, -0.2) is 5.48 Å². The molecule has 1 heterocycles. The molecule has 7 nitrogen and oxygen atoms in total. The molecule has 0 spiro atoms. The van der Waals surface area contributed by atoms with E-state index in [0.29, 0.717) is 0 Å². The van der Waals surface area contributed by atoms with Crippen LogP contribution in [-0.2, 0) is 19.1 Å². The normalized spacial score (nSPS) is 14.6. The van der Waals surface area contributed by atoms with Crippen molar-refractivity contribution in [1.29, 1.82) is 0 Å². The molecule has 0 saturated carbocycles. The average Bonchev–Trinajstić information content (AvgIpc) is 3.14. The fourth-order valence-electron chi connectivity index (χ4n) is 2.23. The van der Waals surface area contributed by atoms with E-state index in [-0.39, 0.29) is 23.8 Å². The summed E-state index contributed by atoms with van der Waals surface area (Å²) < 4.78 is 4.94. The van der Waals surface area contributed by atoms with Gasteiger partial charge in [0.05, 0.1) is 5.60 Å². The molecule has 2 amide bonds. The zero-order valence-corrected chi connectivity index (χ0v) is 16.5. The Balaban J connectivity index is 0. The zero-order chi connectivity index (χ0) is 19.9. The van der Waals surface area contributed by atoms with Crippen LogP contribution in [0.3, 0.4) is 0 Å². The van der Waals surface area contributed by atoms with Crippen molar-refractivity contribution in [3.05, 3.63) is 0 Å². The van der Waals surface area contributed by atoms with Crippen LogP contribution in [0, 0.1) is 5.92 Å². The number of nitrogens with zero attached hydrogens (tertiary/aromatic N) is 1. The van der Waals surface area contributed by atoms with Gasteiger partial charge in [0.25, 0.3) is 0 Å². The Morgan fingerprint density at radius 3 is 2.08 bits per heavy atom. The van der Waals surface area contributed by atoms with Crippen LogP contribution in [0.2, 0.25) is 0 Å². The van der Waals surface area contributed by atoms with E-state index in [4.69, 9.17) is 14.7 Å². The molecule has 0 bridgehead atoms. The standard InChI is InChI=1S/C12H22N2O3.C5H12O.CH2O/c1-2-3-6-10(9-11(15)13-17)12(16)14-7-4-5-8-14;1-5(2,3)6-4;1-2/h10,17H,2-9H2,1H3,(H,13,15);1-4H3;1H2. The molecule has 1 rings (SSSR count). The molecular formula is C18H36N2O5. The van der Waals surface area contributed by atoms with Crippen LogP contribution < -0.4 is 5.48 Å². The highest BCUT2D eigenvalue weighted by Gasteiger charge is 2.27. The first kappa shape index (κ1) is 25.8. The summed E-state index contributed by atoms with van der Waals surface area (Å²) in [6.07, 6.45) is 4.86. The third-order valence-corrected chi connectivity index (χ3v) is 3.84. The van der Waals surface area contributed by atoms with Crippen molar-refractivity contribution < 1.29 is 24.3 Å². The Bertz CT molecular complexity index is 363. The molecule has 25 heavy (non-hydrogen) atoms. The number of nitrogens with one attached hydrogen (secondary N) is 1. The van der Waals surface area contributed by atoms with E-state index in [1.165, 1.54) is 0 Å². The van der Waals surface area contributed by atoms with E-state index < -0.39 is 5.91 Å². The molecule has 1 fully saturated rings. The average molecular weight is 360 g/mol. The minimum absolute atomic E-state index is 0.0417. The lowest BCUT2D eigenvalue weighted by molar-refractivity contribution is -0.140. The van der Waals surface area contributed by atoms with Gasteiger partial charge >= 0.3 is 0 Å². The summed E-state index contributed by atoms with van der Waals surface area (Å²) in [6.45, 7) is 11.7. The van der Waals surface area contributed by atoms with E-state index in [1.54, 1.807) is 12.6 Å². The highest BCUT2D eigenvalue weighted by Crippen LogP contribution is 2.19. The van der Waals surface area contributed by atoms with Gasteiger partial charge in [0.2, 0.25) is 11.8 Å². The minimum atomic E-state index is -0.473. The van der Waals surface area contributed by atoms with Crippen molar-refractivity contribution in [2.75, 3.05) is 20.2 Å². The lowest BCUT2D eigenvalue weighted by Gasteiger charge is -2.22. The number of methoxy groups -OCH3 is 1.